The summed E-state index contributed by atoms with van der Waals surface area (Å²) in [6.45, 7) is 5.46. The van der Waals surface area contributed by atoms with Gasteiger partial charge < -0.3 is 19.9 Å². The zero-order chi connectivity index (χ0) is 23.4. The van der Waals surface area contributed by atoms with E-state index in [2.05, 4.69) is 29.5 Å². The van der Waals surface area contributed by atoms with Gasteiger partial charge in [-0.25, -0.2) is 0 Å². The number of carbonyl (C=O) groups is 2. The Kier molecular flexibility index (Phi) is 7.02. The van der Waals surface area contributed by atoms with Gasteiger partial charge in [-0.3, -0.25) is 9.59 Å². The number of hydrogen-bond acceptors (Lipinski definition) is 3. The number of hydrogen-bond donors (Lipinski definition) is 2. The quantitative estimate of drug-likeness (QED) is 0.550. The van der Waals surface area contributed by atoms with E-state index >= 15 is 0 Å². The topological polar surface area (TPSA) is 74.4 Å². The van der Waals surface area contributed by atoms with Gasteiger partial charge in [-0.05, 0) is 60.6 Å². The minimum Gasteiger partial charge on any atom is -0.497 e. The van der Waals surface area contributed by atoms with Crippen LogP contribution in [0.15, 0.2) is 54.7 Å². The number of likely N-dealkylation sites (tertiary alicyclic amines) is 1. The second kappa shape index (κ2) is 10.1. The van der Waals surface area contributed by atoms with Crippen LogP contribution in [0.5, 0.6) is 5.75 Å². The van der Waals surface area contributed by atoms with Gasteiger partial charge in [-0.1, -0.05) is 38.5 Å². The molecule has 2 heterocycles. The highest BCUT2D eigenvalue weighted by Crippen LogP contribution is 2.35. The summed E-state index contributed by atoms with van der Waals surface area (Å²) in [5.41, 5.74) is 2.96. The molecular formula is C27H33N3O3. The summed E-state index contributed by atoms with van der Waals surface area (Å²) in [7, 11) is 1.68. The van der Waals surface area contributed by atoms with Gasteiger partial charge in [-0.15, -0.1) is 0 Å². The number of benzene rings is 2. The van der Waals surface area contributed by atoms with Crippen LogP contribution in [0.1, 0.15) is 54.9 Å². The maximum Gasteiger partial charge on any atom is 0.251 e. The SMILES string of the molecule is CCC(C)C(NC(=O)c1ccccc1)C(=O)N1CCC(c2c[nH]c3ccc(OC)cc23)CC1. The number of amides is 2. The largest absolute Gasteiger partial charge is 0.497 e. The first kappa shape index (κ1) is 22.9. The predicted molar refractivity (Wildman–Crippen MR) is 131 cm³/mol. The van der Waals surface area contributed by atoms with Crippen molar-refractivity contribution in [3.8, 4) is 5.75 Å². The first-order valence-corrected chi connectivity index (χ1v) is 11.8. The van der Waals surface area contributed by atoms with Crippen LogP contribution in [-0.2, 0) is 4.79 Å². The minimum absolute atomic E-state index is 0.0210. The van der Waals surface area contributed by atoms with Gasteiger partial charge in [0.05, 0.1) is 7.11 Å². The Bertz CT molecular complexity index is 1100. The fourth-order valence-electron chi connectivity index (χ4n) is 4.69. The maximum absolute atomic E-state index is 13.4. The molecule has 0 bridgehead atoms. The number of H-pyrrole nitrogens is 1. The number of rotatable bonds is 7. The van der Waals surface area contributed by atoms with Crippen molar-refractivity contribution in [2.45, 2.75) is 45.1 Å². The van der Waals surface area contributed by atoms with E-state index in [-0.39, 0.29) is 17.7 Å². The van der Waals surface area contributed by atoms with E-state index in [1.165, 1.54) is 10.9 Å². The molecule has 1 fully saturated rings. The van der Waals surface area contributed by atoms with Gasteiger partial charge in [0.25, 0.3) is 5.91 Å². The molecule has 0 saturated carbocycles. The number of carbonyl (C=O) groups excluding carboxylic acids is 2. The Labute approximate surface area is 195 Å². The number of ether oxygens (including phenoxy) is 1. The first-order chi connectivity index (χ1) is 16.0. The van der Waals surface area contributed by atoms with Crippen LogP contribution in [0.25, 0.3) is 10.9 Å². The van der Waals surface area contributed by atoms with Crippen molar-refractivity contribution in [1.82, 2.24) is 15.2 Å². The van der Waals surface area contributed by atoms with Crippen molar-refractivity contribution in [3.05, 3.63) is 65.9 Å². The monoisotopic (exact) mass is 447 g/mol. The molecule has 1 aliphatic heterocycles. The third-order valence-electron chi connectivity index (χ3n) is 6.97. The molecule has 1 aromatic heterocycles. The summed E-state index contributed by atoms with van der Waals surface area (Å²) in [6, 6.07) is 14.7. The first-order valence-electron chi connectivity index (χ1n) is 11.8. The molecule has 0 spiro atoms. The molecule has 174 valence electrons. The van der Waals surface area contributed by atoms with E-state index in [1.54, 1.807) is 19.2 Å². The van der Waals surface area contributed by atoms with Crippen molar-refractivity contribution in [3.63, 3.8) is 0 Å². The number of aromatic amines is 1. The molecule has 2 atom stereocenters. The second-order valence-corrected chi connectivity index (χ2v) is 8.96. The van der Waals surface area contributed by atoms with Gasteiger partial charge in [0.1, 0.15) is 11.8 Å². The van der Waals surface area contributed by atoms with Gasteiger partial charge in [0.2, 0.25) is 5.91 Å². The lowest BCUT2D eigenvalue weighted by atomic mass is 9.88. The summed E-state index contributed by atoms with van der Waals surface area (Å²) in [4.78, 5) is 31.5. The van der Waals surface area contributed by atoms with E-state index in [0.29, 0.717) is 24.6 Å². The molecule has 6 heteroatoms. The van der Waals surface area contributed by atoms with Crippen molar-refractivity contribution >= 4 is 22.7 Å². The highest BCUT2D eigenvalue weighted by atomic mass is 16.5. The van der Waals surface area contributed by atoms with Crippen molar-refractivity contribution < 1.29 is 14.3 Å². The lowest BCUT2D eigenvalue weighted by Crippen LogP contribution is -2.53. The standard InChI is InChI=1S/C27H33N3O3/c1-4-18(2)25(29-26(31)20-8-6-5-7-9-20)27(32)30-14-12-19(13-15-30)23-17-28-24-11-10-21(33-3)16-22(23)24/h5-11,16-19,25,28H,4,12-15H2,1-3H3,(H,29,31). The van der Waals surface area contributed by atoms with Crippen LogP contribution in [0.3, 0.4) is 0 Å². The molecule has 33 heavy (non-hydrogen) atoms. The minimum atomic E-state index is -0.517. The van der Waals surface area contributed by atoms with Crippen LogP contribution in [-0.4, -0.2) is 47.9 Å². The lowest BCUT2D eigenvalue weighted by molar-refractivity contribution is -0.135. The van der Waals surface area contributed by atoms with Crippen LogP contribution >= 0.6 is 0 Å². The normalized spacial score (nSPS) is 16.4. The molecule has 4 rings (SSSR count). The third-order valence-corrected chi connectivity index (χ3v) is 6.97. The second-order valence-electron chi connectivity index (χ2n) is 8.96. The molecule has 1 saturated heterocycles. The summed E-state index contributed by atoms with van der Waals surface area (Å²) >= 11 is 0. The van der Waals surface area contributed by atoms with Crippen LogP contribution in [0.4, 0.5) is 0 Å². The molecule has 2 unspecified atom stereocenters. The Morgan fingerprint density at radius 3 is 2.55 bits per heavy atom. The zero-order valence-electron chi connectivity index (χ0n) is 19.6. The fraction of sp³-hybridized carbons (Fsp3) is 0.407. The average Bonchev–Trinajstić information content (AvgIpc) is 3.30. The molecule has 2 amide bonds. The summed E-state index contributed by atoms with van der Waals surface area (Å²) < 4.78 is 5.40. The zero-order valence-corrected chi connectivity index (χ0v) is 19.6. The van der Waals surface area contributed by atoms with E-state index in [1.807, 2.05) is 42.2 Å². The summed E-state index contributed by atoms with van der Waals surface area (Å²) in [6.07, 6.45) is 4.71. The molecular weight excluding hydrogens is 414 g/mol. The molecule has 2 aromatic carbocycles. The number of fused-ring (bicyclic) bond motifs is 1. The average molecular weight is 448 g/mol. The molecule has 2 N–H and O–H groups in total. The van der Waals surface area contributed by atoms with Crippen LogP contribution in [0.2, 0.25) is 0 Å². The van der Waals surface area contributed by atoms with Crippen molar-refractivity contribution in [1.29, 1.82) is 0 Å². The maximum atomic E-state index is 13.4. The van der Waals surface area contributed by atoms with Gasteiger partial charge >= 0.3 is 0 Å². The van der Waals surface area contributed by atoms with Gasteiger partial charge in [0.15, 0.2) is 0 Å². The molecule has 0 aliphatic carbocycles. The van der Waals surface area contributed by atoms with E-state index in [4.69, 9.17) is 4.74 Å². The van der Waals surface area contributed by atoms with Gasteiger partial charge in [-0.2, -0.15) is 0 Å². The Morgan fingerprint density at radius 2 is 1.88 bits per heavy atom. The summed E-state index contributed by atoms with van der Waals surface area (Å²) in [5, 5.41) is 4.19. The van der Waals surface area contributed by atoms with E-state index < -0.39 is 6.04 Å². The van der Waals surface area contributed by atoms with E-state index in [0.717, 1.165) is 30.5 Å². The highest BCUT2D eigenvalue weighted by Gasteiger charge is 2.33. The number of aromatic nitrogens is 1. The highest BCUT2D eigenvalue weighted by molar-refractivity contribution is 5.97. The molecule has 1 aliphatic rings. The summed E-state index contributed by atoms with van der Waals surface area (Å²) in [5.74, 6) is 1.12. The van der Waals surface area contributed by atoms with Crippen LogP contribution < -0.4 is 10.1 Å². The molecule has 6 nitrogen and oxygen atoms in total. The van der Waals surface area contributed by atoms with Crippen molar-refractivity contribution in [2.75, 3.05) is 20.2 Å². The fourth-order valence-corrected chi connectivity index (χ4v) is 4.69. The number of nitrogens with one attached hydrogen (secondary N) is 2. The number of methoxy groups -OCH3 is 1. The van der Waals surface area contributed by atoms with Crippen molar-refractivity contribution in [2.24, 2.45) is 5.92 Å². The smallest absolute Gasteiger partial charge is 0.251 e. The number of nitrogens with zero attached hydrogens (tertiary/aromatic N) is 1. The Morgan fingerprint density at radius 1 is 1.15 bits per heavy atom. The Balaban J connectivity index is 1.44. The van der Waals surface area contributed by atoms with Gasteiger partial charge in [0, 0.05) is 35.8 Å². The molecule has 3 aromatic rings. The predicted octanol–water partition coefficient (Wildman–Crippen LogP) is 4.73. The number of piperidine rings is 1. The Hall–Kier alpha value is -3.28. The third kappa shape index (κ3) is 4.90. The van der Waals surface area contributed by atoms with E-state index in [9.17, 15) is 9.59 Å². The lowest BCUT2D eigenvalue weighted by Gasteiger charge is -2.36. The van der Waals surface area contributed by atoms with Crippen LogP contribution in [0, 0.1) is 5.92 Å². The molecule has 0 radical (unpaired) electrons.